The van der Waals surface area contributed by atoms with Gasteiger partial charge in [0.05, 0.1) is 18.3 Å². The first-order chi connectivity index (χ1) is 21.4. The summed E-state index contributed by atoms with van der Waals surface area (Å²) in [4.78, 5) is 28.4. The summed E-state index contributed by atoms with van der Waals surface area (Å²) in [5, 5.41) is 16.2. The molecular weight excluding hydrogens is 554 g/mol. The molecule has 0 aliphatic carbocycles. The standard InChI is InChI=1S/C36H39N3O5/c1-3-35-21-12-22-38(24-20-31(40)37-26-13-6-4-7-14-26)23-19-29-28-17-10-11-18-30(28)39(36(42,25-35)34(41)43-2)32(29)33(35)44-27-15-8-5-9-16-27/h4-11,13-18,20,24,33,42H,3,12,19,21-23,25H2,1-2H3,(H,37,40)/b24-20+/t33-,35-,36-/m0/s1. The second-order valence-corrected chi connectivity index (χ2v) is 11.8. The second kappa shape index (κ2) is 12.2. The minimum Gasteiger partial charge on any atom is -0.484 e. The Balaban J connectivity index is 1.45. The summed E-state index contributed by atoms with van der Waals surface area (Å²) >= 11 is 0. The van der Waals surface area contributed by atoms with Crippen molar-refractivity contribution < 1.29 is 24.2 Å². The van der Waals surface area contributed by atoms with E-state index in [0.717, 1.165) is 40.0 Å². The Morgan fingerprint density at radius 2 is 1.70 bits per heavy atom. The number of amides is 1. The molecule has 8 heteroatoms. The molecule has 2 aliphatic rings. The molecule has 1 aromatic heterocycles. The van der Waals surface area contributed by atoms with Crippen LogP contribution in [0.4, 0.5) is 5.69 Å². The van der Waals surface area contributed by atoms with Crippen molar-refractivity contribution in [3.8, 4) is 5.75 Å². The number of aromatic nitrogens is 1. The maximum Gasteiger partial charge on any atom is 0.359 e. The van der Waals surface area contributed by atoms with Gasteiger partial charge in [-0.3, -0.25) is 4.79 Å². The lowest BCUT2D eigenvalue weighted by molar-refractivity contribution is -0.192. The number of methoxy groups -OCH3 is 1. The first kappa shape index (κ1) is 29.5. The monoisotopic (exact) mass is 593 g/mol. The Kier molecular flexibility index (Phi) is 8.19. The van der Waals surface area contributed by atoms with Gasteiger partial charge in [-0.1, -0.05) is 61.5 Å². The minimum atomic E-state index is -1.89. The number of hydrogen-bond acceptors (Lipinski definition) is 6. The van der Waals surface area contributed by atoms with Crippen molar-refractivity contribution in [3.63, 3.8) is 0 Å². The van der Waals surface area contributed by atoms with Gasteiger partial charge in [-0.2, -0.15) is 0 Å². The fourth-order valence-electron chi connectivity index (χ4n) is 7.09. The molecule has 0 radical (unpaired) electrons. The topological polar surface area (TPSA) is 93.0 Å². The van der Waals surface area contributed by atoms with E-state index >= 15 is 0 Å². The summed E-state index contributed by atoms with van der Waals surface area (Å²) in [5.74, 6) is -0.116. The van der Waals surface area contributed by atoms with Gasteiger partial charge >= 0.3 is 5.97 Å². The molecule has 0 unspecified atom stereocenters. The summed E-state index contributed by atoms with van der Waals surface area (Å²) in [5.41, 5.74) is 0.885. The van der Waals surface area contributed by atoms with Crippen molar-refractivity contribution in [2.75, 3.05) is 25.5 Å². The predicted molar refractivity (Wildman–Crippen MR) is 170 cm³/mol. The van der Waals surface area contributed by atoms with Gasteiger partial charge in [0.25, 0.3) is 0 Å². The van der Waals surface area contributed by atoms with E-state index in [2.05, 4.69) is 17.1 Å². The summed E-state index contributed by atoms with van der Waals surface area (Å²) in [6.07, 6.45) is 5.99. The lowest BCUT2D eigenvalue weighted by Gasteiger charge is -2.50. The molecule has 3 heterocycles. The Morgan fingerprint density at radius 3 is 2.43 bits per heavy atom. The molecule has 0 saturated heterocycles. The van der Waals surface area contributed by atoms with Gasteiger partial charge in [-0.15, -0.1) is 0 Å². The van der Waals surface area contributed by atoms with E-state index in [1.165, 1.54) is 7.11 Å². The van der Waals surface area contributed by atoms with Crippen LogP contribution in [0, 0.1) is 5.41 Å². The van der Waals surface area contributed by atoms with Gasteiger partial charge in [0.2, 0.25) is 11.6 Å². The molecule has 8 nitrogen and oxygen atoms in total. The quantitative estimate of drug-likeness (QED) is 0.197. The molecule has 4 aromatic rings. The Labute approximate surface area is 257 Å². The van der Waals surface area contributed by atoms with Crippen LogP contribution in [0.1, 0.15) is 50.0 Å². The van der Waals surface area contributed by atoms with Crippen molar-refractivity contribution >= 4 is 28.5 Å². The van der Waals surface area contributed by atoms with Crippen LogP contribution < -0.4 is 10.1 Å². The minimum absolute atomic E-state index is 0.154. The van der Waals surface area contributed by atoms with Crippen molar-refractivity contribution in [2.24, 2.45) is 5.41 Å². The van der Waals surface area contributed by atoms with E-state index in [-0.39, 0.29) is 12.3 Å². The van der Waals surface area contributed by atoms with Crippen LogP contribution in [-0.2, 0) is 26.5 Å². The molecular formula is C36H39N3O5. The third-order valence-corrected chi connectivity index (χ3v) is 9.25. The molecule has 3 aromatic carbocycles. The number of nitrogens with one attached hydrogen (secondary N) is 1. The molecule has 1 amide bonds. The van der Waals surface area contributed by atoms with Crippen molar-refractivity contribution in [1.82, 2.24) is 9.47 Å². The smallest absolute Gasteiger partial charge is 0.359 e. The van der Waals surface area contributed by atoms with Gasteiger partial charge in [-0.25, -0.2) is 4.79 Å². The van der Waals surface area contributed by atoms with Crippen LogP contribution in [0.5, 0.6) is 5.75 Å². The number of anilines is 1. The van der Waals surface area contributed by atoms with Gasteiger partial charge in [0.15, 0.2) is 0 Å². The zero-order valence-electron chi connectivity index (χ0n) is 25.2. The summed E-state index contributed by atoms with van der Waals surface area (Å²) in [7, 11) is 1.33. The van der Waals surface area contributed by atoms with E-state index < -0.39 is 23.2 Å². The fourth-order valence-corrected chi connectivity index (χ4v) is 7.09. The lowest BCUT2D eigenvalue weighted by Crippen LogP contribution is -2.55. The van der Waals surface area contributed by atoms with E-state index in [9.17, 15) is 14.7 Å². The maximum atomic E-state index is 13.5. The highest BCUT2D eigenvalue weighted by molar-refractivity contribution is 5.99. The van der Waals surface area contributed by atoms with Crippen LogP contribution in [0.25, 0.3) is 10.9 Å². The highest BCUT2D eigenvalue weighted by atomic mass is 16.5. The van der Waals surface area contributed by atoms with Crippen molar-refractivity contribution in [1.29, 1.82) is 0 Å². The molecule has 3 atom stereocenters. The zero-order chi connectivity index (χ0) is 30.7. The number of carbonyl (C=O) groups is 2. The third kappa shape index (κ3) is 5.35. The molecule has 0 spiro atoms. The van der Waals surface area contributed by atoms with Crippen LogP contribution in [-0.4, -0.2) is 46.6 Å². The number of esters is 1. The van der Waals surface area contributed by atoms with Crippen LogP contribution in [0.15, 0.2) is 97.2 Å². The Bertz CT molecular complexity index is 1670. The predicted octanol–water partition coefficient (Wildman–Crippen LogP) is 6.17. The summed E-state index contributed by atoms with van der Waals surface area (Å²) < 4.78 is 13.9. The highest BCUT2D eigenvalue weighted by Crippen LogP contribution is 2.57. The summed E-state index contributed by atoms with van der Waals surface area (Å²) in [6.45, 7) is 3.46. The molecule has 2 aliphatic heterocycles. The maximum absolute atomic E-state index is 13.5. The largest absolute Gasteiger partial charge is 0.484 e. The Hall–Kier alpha value is -4.56. The summed E-state index contributed by atoms with van der Waals surface area (Å²) in [6, 6.07) is 27.1. The third-order valence-electron chi connectivity index (χ3n) is 9.25. The van der Waals surface area contributed by atoms with E-state index in [0.29, 0.717) is 32.4 Å². The number of hydrogen-bond donors (Lipinski definition) is 2. The average molecular weight is 594 g/mol. The number of nitrogens with zero attached hydrogens (tertiary/aromatic N) is 2. The molecule has 2 N–H and O–H groups in total. The van der Waals surface area contributed by atoms with Crippen molar-refractivity contribution in [3.05, 3.63) is 108 Å². The van der Waals surface area contributed by atoms with Gasteiger partial charge in [-0.05, 0) is 61.6 Å². The average Bonchev–Trinajstić information content (AvgIpc) is 3.39. The molecule has 44 heavy (non-hydrogen) atoms. The molecule has 228 valence electrons. The molecule has 2 bridgehead atoms. The Morgan fingerprint density at radius 1 is 1.00 bits per heavy atom. The highest BCUT2D eigenvalue weighted by Gasteiger charge is 2.58. The van der Waals surface area contributed by atoms with Crippen molar-refractivity contribution in [2.45, 2.75) is 50.9 Å². The fraction of sp³-hybridized carbons (Fsp3) is 0.333. The second-order valence-electron chi connectivity index (χ2n) is 11.8. The number of aliphatic hydroxyl groups is 1. The first-order valence-electron chi connectivity index (χ1n) is 15.3. The first-order valence-corrected chi connectivity index (χ1v) is 15.3. The van der Waals surface area contributed by atoms with E-state index in [1.54, 1.807) is 10.6 Å². The number of carbonyl (C=O) groups excluding carboxylic acids is 2. The number of ether oxygens (including phenoxy) is 2. The van der Waals surface area contributed by atoms with Crippen LogP contribution in [0.3, 0.4) is 0 Å². The van der Waals surface area contributed by atoms with E-state index in [1.807, 2.05) is 91.1 Å². The number of rotatable bonds is 7. The number of fused-ring (bicyclic) bond motifs is 4. The zero-order valence-corrected chi connectivity index (χ0v) is 25.2. The van der Waals surface area contributed by atoms with Gasteiger partial charge < -0.3 is 29.4 Å². The van der Waals surface area contributed by atoms with Gasteiger partial charge in [0.1, 0.15) is 11.9 Å². The molecule has 0 fully saturated rings. The number of benzene rings is 3. The molecule has 6 rings (SSSR count). The lowest BCUT2D eigenvalue weighted by atomic mass is 9.66. The number of para-hydroxylation sites is 3. The van der Waals surface area contributed by atoms with Crippen LogP contribution >= 0.6 is 0 Å². The van der Waals surface area contributed by atoms with E-state index in [4.69, 9.17) is 9.47 Å². The van der Waals surface area contributed by atoms with Gasteiger partial charge in [0, 0.05) is 48.3 Å². The van der Waals surface area contributed by atoms with Crippen LogP contribution in [0.2, 0.25) is 0 Å². The molecule has 0 saturated carbocycles. The normalized spacial score (nSPS) is 23.3. The SMILES string of the molecule is CC[C@]12CCCN(/C=C/C(=O)Nc3ccccc3)CCc3c(n(c4ccccc34)[C@@](O)(C(=O)OC)C1)[C@@H]2Oc1ccccc1.